The quantitative estimate of drug-likeness (QED) is 0.810. The minimum atomic E-state index is -0.536. The SMILES string of the molecule is COc1cc(CN2CCC[C@]3(C2)CN(C)C(=O)O3)ccc1OCC(N)=O. The van der Waals surface area contributed by atoms with Crippen LogP contribution in [0.3, 0.4) is 0 Å². The molecule has 142 valence electrons. The highest BCUT2D eigenvalue weighted by atomic mass is 16.6. The van der Waals surface area contributed by atoms with E-state index in [2.05, 4.69) is 4.90 Å². The predicted molar refractivity (Wildman–Crippen MR) is 94.0 cm³/mol. The molecule has 0 bridgehead atoms. The van der Waals surface area contributed by atoms with Gasteiger partial charge in [0.25, 0.3) is 5.91 Å². The molecule has 2 aliphatic rings. The third-order valence-electron chi connectivity index (χ3n) is 4.76. The largest absolute Gasteiger partial charge is 0.493 e. The van der Waals surface area contributed by atoms with Gasteiger partial charge in [-0.3, -0.25) is 9.69 Å². The third kappa shape index (κ3) is 4.01. The second-order valence-electron chi connectivity index (χ2n) is 6.96. The topological polar surface area (TPSA) is 94.3 Å². The van der Waals surface area contributed by atoms with Crippen LogP contribution in [0.4, 0.5) is 4.79 Å². The Morgan fingerprint density at radius 2 is 2.15 bits per heavy atom. The Labute approximate surface area is 152 Å². The van der Waals surface area contributed by atoms with Crippen molar-refractivity contribution in [2.24, 2.45) is 5.73 Å². The molecule has 2 amide bonds. The van der Waals surface area contributed by atoms with Crippen molar-refractivity contribution in [1.82, 2.24) is 9.80 Å². The van der Waals surface area contributed by atoms with E-state index >= 15 is 0 Å². The van der Waals surface area contributed by atoms with E-state index in [0.717, 1.165) is 31.5 Å². The average molecular weight is 363 g/mol. The molecular formula is C18H25N3O5. The number of nitrogens with two attached hydrogens (primary N) is 1. The molecular weight excluding hydrogens is 338 g/mol. The summed E-state index contributed by atoms with van der Waals surface area (Å²) < 4.78 is 16.4. The van der Waals surface area contributed by atoms with Crippen LogP contribution in [0.1, 0.15) is 18.4 Å². The molecule has 2 N–H and O–H groups in total. The van der Waals surface area contributed by atoms with Gasteiger partial charge in [0.1, 0.15) is 5.60 Å². The Morgan fingerprint density at radius 3 is 2.81 bits per heavy atom. The molecule has 2 fully saturated rings. The number of piperidine rings is 1. The van der Waals surface area contributed by atoms with Crippen LogP contribution >= 0.6 is 0 Å². The summed E-state index contributed by atoms with van der Waals surface area (Å²) in [5.74, 6) is 0.504. The van der Waals surface area contributed by atoms with E-state index in [1.165, 1.54) is 0 Å². The average Bonchev–Trinajstić information content (AvgIpc) is 2.86. The van der Waals surface area contributed by atoms with Gasteiger partial charge in [0.05, 0.1) is 13.7 Å². The molecule has 0 aliphatic carbocycles. The van der Waals surface area contributed by atoms with Gasteiger partial charge >= 0.3 is 6.09 Å². The third-order valence-corrected chi connectivity index (χ3v) is 4.76. The number of likely N-dealkylation sites (N-methyl/N-ethyl adjacent to an activating group) is 1. The van der Waals surface area contributed by atoms with Gasteiger partial charge in [-0.25, -0.2) is 4.79 Å². The molecule has 1 atom stereocenters. The van der Waals surface area contributed by atoms with Crippen LogP contribution in [0.15, 0.2) is 18.2 Å². The number of carbonyl (C=O) groups excluding carboxylic acids is 2. The second kappa shape index (κ2) is 7.41. The van der Waals surface area contributed by atoms with E-state index in [0.29, 0.717) is 24.6 Å². The minimum Gasteiger partial charge on any atom is -0.493 e. The maximum absolute atomic E-state index is 11.8. The molecule has 0 saturated carbocycles. The summed E-state index contributed by atoms with van der Waals surface area (Å²) >= 11 is 0. The number of likely N-dealkylation sites (tertiary alicyclic amines) is 1. The van der Waals surface area contributed by atoms with Gasteiger partial charge in [0.15, 0.2) is 18.1 Å². The number of ether oxygens (including phenoxy) is 3. The molecule has 1 aromatic carbocycles. The van der Waals surface area contributed by atoms with Gasteiger partial charge in [-0.2, -0.15) is 0 Å². The molecule has 2 aliphatic heterocycles. The monoisotopic (exact) mass is 363 g/mol. The summed E-state index contributed by atoms with van der Waals surface area (Å²) in [4.78, 5) is 26.6. The fourth-order valence-electron chi connectivity index (χ4n) is 3.67. The summed E-state index contributed by atoms with van der Waals surface area (Å²) in [5, 5.41) is 0. The van der Waals surface area contributed by atoms with Gasteiger partial charge in [0, 0.05) is 20.1 Å². The number of rotatable bonds is 6. The van der Waals surface area contributed by atoms with E-state index in [1.807, 2.05) is 12.1 Å². The Hall–Kier alpha value is -2.48. The first-order valence-electron chi connectivity index (χ1n) is 8.65. The van der Waals surface area contributed by atoms with E-state index in [4.69, 9.17) is 19.9 Å². The summed E-state index contributed by atoms with van der Waals surface area (Å²) in [6.45, 7) is 2.82. The normalized spacial score (nSPS) is 23.2. The van der Waals surface area contributed by atoms with E-state index in [9.17, 15) is 9.59 Å². The molecule has 1 spiro atoms. The number of hydrogen-bond donors (Lipinski definition) is 1. The van der Waals surface area contributed by atoms with Gasteiger partial charge in [-0.15, -0.1) is 0 Å². The van der Waals surface area contributed by atoms with Crippen molar-refractivity contribution < 1.29 is 23.8 Å². The van der Waals surface area contributed by atoms with Gasteiger partial charge < -0.3 is 24.8 Å². The Kier molecular flexibility index (Phi) is 5.22. The number of primary amides is 1. The molecule has 8 nitrogen and oxygen atoms in total. The lowest BCUT2D eigenvalue weighted by Crippen LogP contribution is -2.50. The molecule has 0 aromatic heterocycles. The summed E-state index contributed by atoms with van der Waals surface area (Å²) in [6, 6.07) is 5.61. The van der Waals surface area contributed by atoms with Crippen molar-refractivity contribution in [1.29, 1.82) is 0 Å². The van der Waals surface area contributed by atoms with Crippen LogP contribution < -0.4 is 15.2 Å². The zero-order chi connectivity index (χ0) is 18.7. The number of nitrogens with zero attached hydrogens (tertiary/aromatic N) is 2. The van der Waals surface area contributed by atoms with E-state index < -0.39 is 11.5 Å². The van der Waals surface area contributed by atoms with Crippen molar-refractivity contribution in [3.63, 3.8) is 0 Å². The van der Waals surface area contributed by atoms with E-state index in [1.54, 1.807) is 25.1 Å². The van der Waals surface area contributed by atoms with Crippen LogP contribution in [-0.4, -0.2) is 67.8 Å². The van der Waals surface area contributed by atoms with Gasteiger partial charge in [0.2, 0.25) is 0 Å². The zero-order valence-electron chi connectivity index (χ0n) is 15.2. The molecule has 2 heterocycles. The van der Waals surface area contributed by atoms with E-state index in [-0.39, 0.29) is 12.7 Å². The number of carbonyl (C=O) groups is 2. The lowest BCUT2D eigenvalue weighted by atomic mass is 9.92. The molecule has 2 saturated heterocycles. The van der Waals surface area contributed by atoms with Crippen LogP contribution in [0.25, 0.3) is 0 Å². The highest BCUT2D eigenvalue weighted by Crippen LogP contribution is 2.33. The van der Waals surface area contributed by atoms with Crippen LogP contribution in [0.5, 0.6) is 11.5 Å². The standard InChI is InChI=1S/C18H25N3O5/c1-20-11-18(26-17(20)23)6-3-7-21(12-18)9-13-4-5-14(15(8-13)24-2)25-10-16(19)22/h4-5,8H,3,6-7,9-12H2,1-2H3,(H2,19,22)/t18-/m1/s1. The Bertz CT molecular complexity index is 695. The Morgan fingerprint density at radius 1 is 1.35 bits per heavy atom. The first kappa shape index (κ1) is 18.3. The molecule has 8 heteroatoms. The van der Waals surface area contributed by atoms with Crippen LogP contribution in [0, 0.1) is 0 Å². The smallest absolute Gasteiger partial charge is 0.410 e. The van der Waals surface area contributed by atoms with Crippen LogP contribution in [-0.2, 0) is 16.1 Å². The van der Waals surface area contributed by atoms with Crippen molar-refractivity contribution in [2.75, 3.05) is 40.4 Å². The molecule has 0 unspecified atom stereocenters. The lowest BCUT2D eigenvalue weighted by molar-refractivity contribution is -0.119. The number of benzene rings is 1. The zero-order valence-corrected chi connectivity index (χ0v) is 15.2. The Balaban J connectivity index is 1.66. The fraction of sp³-hybridized carbons (Fsp3) is 0.556. The van der Waals surface area contributed by atoms with Crippen LogP contribution in [0.2, 0.25) is 0 Å². The van der Waals surface area contributed by atoms with Crippen molar-refractivity contribution >= 4 is 12.0 Å². The van der Waals surface area contributed by atoms with Crippen molar-refractivity contribution in [3.8, 4) is 11.5 Å². The number of hydrogen-bond acceptors (Lipinski definition) is 6. The highest BCUT2D eigenvalue weighted by Gasteiger charge is 2.46. The lowest BCUT2D eigenvalue weighted by Gasteiger charge is -2.38. The van der Waals surface area contributed by atoms with Crippen molar-refractivity contribution in [2.45, 2.75) is 25.0 Å². The van der Waals surface area contributed by atoms with Gasteiger partial charge in [-0.1, -0.05) is 6.07 Å². The number of amides is 2. The molecule has 26 heavy (non-hydrogen) atoms. The van der Waals surface area contributed by atoms with Crippen molar-refractivity contribution in [3.05, 3.63) is 23.8 Å². The molecule has 3 rings (SSSR count). The molecule has 1 aromatic rings. The predicted octanol–water partition coefficient (Wildman–Crippen LogP) is 0.976. The highest BCUT2D eigenvalue weighted by molar-refractivity contribution is 5.75. The number of methoxy groups -OCH3 is 1. The first-order chi connectivity index (χ1) is 12.4. The summed E-state index contributed by atoms with van der Waals surface area (Å²) in [7, 11) is 3.33. The molecule has 0 radical (unpaired) electrons. The first-order valence-corrected chi connectivity index (χ1v) is 8.65. The summed E-state index contributed by atoms with van der Waals surface area (Å²) in [6.07, 6.45) is 1.63. The maximum Gasteiger partial charge on any atom is 0.410 e. The summed E-state index contributed by atoms with van der Waals surface area (Å²) in [5.41, 5.74) is 5.77. The van der Waals surface area contributed by atoms with Gasteiger partial charge in [-0.05, 0) is 37.1 Å². The second-order valence-corrected chi connectivity index (χ2v) is 6.96. The maximum atomic E-state index is 11.8. The fourth-order valence-corrected chi connectivity index (χ4v) is 3.67. The minimum absolute atomic E-state index is 0.191.